The van der Waals surface area contributed by atoms with Crippen LogP contribution < -0.4 is 0 Å². The zero-order chi connectivity index (χ0) is 11.7. The van der Waals surface area contributed by atoms with Crippen molar-refractivity contribution in [2.24, 2.45) is 7.05 Å². The van der Waals surface area contributed by atoms with Crippen LogP contribution in [-0.2, 0) is 11.8 Å². The van der Waals surface area contributed by atoms with E-state index in [9.17, 15) is 4.79 Å². The second-order valence-electron chi connectivity index (χ2n) is 3.41. The third-order valence-corrected chi connectivity index (χ3v) is 3.28. The molecule has 0 bridgehead atoms. The summed E-state index contributed by atoms with van der Waals surface area (Å²) in [4.78, 5) is 16.6. The topological polar surface area (TPSA) is 44.1 Å². The van der Waals surface area contributed by atoms with E-state index in [4.69, 9.17) is 4.74 Å². The molecule has 0 fully saturated rings. The normalized spacial score (nSPS) is 10.4. The van der Waals surface area contributed by atoms with Gasteiger partial charge in [0.15, 0.2) is 5.69 Å². The summed E-state index contributed by atoms with van der Waals surface area (Å²) in [5.41, 5.74) is 1.37. The Bertz CT molecular complexity index is 528. The van der Waals surface area contributed by atoms with Crippen molar-refractivity contribution in [1.82, 2.24) is 9.55 Å². The molecule has 0 amide bonds. The fraction of sp³-hybridized carbons (Fsp3) is 0.273. The van der Waals surface area contributed by atoms with Gasteiger partial charge in [0.2, 0.25) is 0 Å². The Morgan fingerprint density at radius 2 is 2.31 bits per heavy atom. The monoisotopic (exact) mass is 236 g/mol. The van der Waals surface area contributed by atoms with E-state index in [0.717, 1.165) is 15.6 Å². The van der Waals surface area contributed by atoms with Gasteiger partial charge in [-0.25, -0.2) is 9.78 Å². The average Bonchev–Trinajstić information content (AvgIpc) is 2.83. The molecule has 0 saturated carbocycles. The molecule has 0 aliphatic carbocycles. The maximum Gasteiger partial charge on any atom is 0.358 e. The van der Waals surface area contributed by atoms with Crippen LogP contribution in [0.2, 0.25) is 0 Å². The maximum absolute atomic E-state index is 11.6. The van der Waals surface area contributed by atoms with Crippen molar-refractivity contribution in [2.75, 3.05) is 7.11 Å². The van der Waals surface area contributed by atoms with Crippen LogP contribution in [0.25, 0.3) is 10.6 Å². The Balaban J connectivity index is 2.57. The average molecular weight is 236 g/mol. The van der Waals surface area contributed by atoms with Crippen LogP contribution in [0.5, 0.6) is 0 Å². The number of ether oxygens (including phenoxy) is 1. The highest BCUT2D eigenvalue weighted by atomic mass is 32.1. The van der Waals surface area contributed by atoms with Gasteiger partial charge >= 0.3 is 5.97 Å². The SMILES string of the molecule is COC(=O)c1nc(C)sc1-c1cccn1C. The van der Waals surface area contributed by atoms with E-state index in [1.165, 1.54) is 18.4 Å². The molecule has 0 aliphatic heterocycles. The van der Waals surface area contributed by atoms with Crippen molar-refractivity contribution in [2.45, 2.75) is 6.92 Å². The predicted molar refractivity (Wildman–Crippen MR) is 62.6 cm³/mol. The molecule has 0 saturated heterocycles. The minimum absolute atomic E-state index is 0.388. The highest BCUT2D eigenvalue weighted by Gasteiger charge is 2.19. The molecule has 0 radical (unpaired) electrons. The summed E-state index contributed by atoms with van der Waals surface area (Å²) in [6, 6.07) is 3.89. The van der Waals surface area contributed by atoms with E-state index < -0.39 is 0 Å². The number of nitrogens with zero attached hydrogens (tertiary/aromatic N) is 2. The van der Waals surface area contributed by atoms with E-state index in [2.05, 4.69) is 4.98 Å². The van der Waals surface area contributed by atoms with E-state index in [0.29, 0.717) is 5.69 Å². The molecule has 0 aromatic carbocycles. The summed E-state index contributed by atoms with van der Waals surface area (Å²) in [6.07, 6.45) is 1.94. The van der Waals surface area contributed by atoms with Crippen LogP contribution in [0.4, 0.5) is 0 Å². The van der Waals surface area contributed by atoms with Gasteiger partial charge in [0.25, 0.3) is 0 Å². The molecule has 0 spiro atoms. The van der Waals surface area contributed by atoms with Crippen molar-refractivity contribution in [3.63, 3.8) is 0 Å². The number of hydrogen-bond donors (Lipinski definition) is 0. The van der Waals surface area contributed by atoms with Crippen molar-refractivity contribution in [3.8, 4) is 10.6 Å². The molecule has 84 valence electrons. The number of methoxy groups -OCH3 is 1. The first-order valence-electron chi connectivity index (χ1n) is 4.81. The number of thiazole rings is 1. The number of carbonyl (C=O) groups excluding carboxylic acids is 1. The Hall–Kier alpha value is -1.62. The molecule has 2 aromatic heterocycles. The molecule has 2 rings (SSSR count). The molecule has 0 unspecified atom stereocenters. The molecule has 16 heavy (non-hydrogen) atoms. The summed E-state index contributed by atoms with van der Waals surface area (Å²) in [5, 5.41) is 0.858. The summed E-state index contributed by atoms with van der Waals surface area (Å²) >= 11 is 1.50. The second kappa shape index (κ2) is 4.09. The number of aryl methyl sites for hydroxylation is 2. The van der Waals surface area contributed by atoms with Crippen molar-refractivity contribution >= 4 is 17.3 Å². The van der Waals surface area contributed by atoms with Crippen LogP contribution in [0.3, 0.4) is 0 Å². The lowest BCUT2D eigenvalue weighted by molar-refractivity contribution is 0.0595. The number of hydrogen-bond acceptors (Lipinski definition) is 4. The Kier molecular flexibility index (Phi) is 2.78. The summed E-state index contributed by atoms with van der Waals surface area (Å²) in [5.74, 6) is -0.388. The molecule has 2 aromatic rings. The standard InChI is InChI=1S/C11H12N2O2S/c1-7-12-9(11(14)15-3)10(16-7)8-5-4-6-13(8)2/h4-6H,1-3H3. The first-order chi connectivity index (χ1) is 7.63. The molecule has 0 atom stereocenters. The van der Waals surface area contributed by atoms with Gasteiger partial charge in [0.1, 0.15) is 0 Å². The van der Waals surface area contributed by atoms with Gasteiger partial charge in [0, 0.05) is 13.2 Å². The summed E-state index contributed by atoms with van der Waals surface area (Å²) < 4.78 is 6.68. The quantitative estimate of drug-likeness (QED) is 0.751. The highest BCUT2D eigenvalue weighted by molar-refractivity contribution is 7.15. The van der Waals surface area contributed by atoms with E-state index in [1.807, 2.05) is 36.9 Å². The Morgan fingerprint density at radius 1 is 1.56 bits per heavy atom. The summed E-state index contributed by atoms with van der Waals surface area (Å²) in [6.45, 7) is 1.88. The molecular formula is C11H12N2O2S. The minimum atomic E-state index is -0.388. The van der Waals surface area contributed by atoms with Gasteiger partial charge in [-0.1, -0.05) is 0 Å². The van der Waals surface area contributed by atoms with Gasteiger partial charge in [0.05, 0.1) is 22.7 Å². The van der Waals surface area contributed by atoms with Crippen molar-refractivity contribution in [1.29, 1.82) is 0 Å². The Labute approximate surface area is 97.5 Å². The lowest BCUT2D eigenvalue weighted by atomic mass is 10.3. The van der Waals surface area contributed by atoms with E-state index >= 15 is 0 Å². The van der Waals surface area contributed by atoms with Gasteiger partial charge < -0.3 is 9.30 Å². The summed E-state index contributed by atoms with van der Waals surface area (Å²) in [7, 11) is 3.30. The minimum Gasteiger partial charge on any atom is -0.464 e. The van der Waals surface area contributed by atoms with Gasteiger partial charge in [-0.3, -0.25) is 0 Å². The third kappa shape index (κ3) is 1.74. The molecule has 0 aliphatic rings. The van der Waals surface area contributed by atoms with Crippen LogP contribution >= 0.6 is 11.3 Å². The van der Waals surface area contributed by atoms with E-state index in [-0.39, 0.29) is 5.97 Å². The first-order valence-corrected chi connectivity index (χ1v) is 5.62. The number of aromatic nitrogens is 2. The molecular weight excluding hydrogens is 224 g/mol. The second-order valence-corrected chi connectivity index (χ2v) is 4.61. The lowest BCUT2D eigenvalue weighted by Gasteiger charge is -2.02. The number of carbonyl (C=O) groups is 1. The largest absolute Gasteiger partial charge is 0.464 e. The lowest BCUT2D eigenvalue weighted by Crippen LogP contribution is -2.04. The van der Waals surface area contributed by atoms with Crippen LogP contribution in [0.1, 0.15) is 15.5 Å². The molecule has 5 heteroatoms. The van der Waals surface area contributed by atoms with Crippen LogP contribution in [0, 0.1) is 6.92 Å². The predicted octanol–water partition coefficient (Wildman–Crippen LogP) is 2.24. The van der Waals surface area contributed by atoms with Gasteiger partial charge in [-0.15, -0.1) is 11.3 Å². The van der Waals surface area contributed by atoms with E-state index in [1.54, 1.807) is 0 Å². The van der Waals surface area contributed by atoms with Crippen molar-refractivity contribution < 1.29 is 9.53 Å². The van der Waals surface area contributed by atoms with Crippen LogP contribution in [0.15, 0.2) is 18.3 Å². The zero-order valence-corrected chi connectivity index (χ0v) is 10.2. The fourth-order valence-corrected chi connectivity index (χ4v) is 2.51. The fourth-order valence-electron chi connectivity index (χ4n) is 1.53. The molecule has 0 N–H and O–H groups in total. The Morgan fingerprint density at radius 3 is 2.88 bits per heavy atom. The maximum atomic E-state index is 11.6. The zero-order valence-electron chi connectivity index (χ0n) is 9.35. The van der Waals surface area contributed by atoms with Gasteiger partial charge in [-0.05, 0) is 19.1 Å². The van der Waals surface area contributed by atoms with Crippen LogP contribution in [-0.4, -0.2) is 22.6 Å². The smallest absolute Gasteiger partial charge is 0.358 e. The molecule has 2 heterocycles. The highest BCUT2D eigenvalue weighted by Crippen LogP contribution is 2.30. The van der Waals surface area contributed by atoms with Gasteiger partial charge in [-0.2, -0.15) is 0 Å². The third-order valence-electron chi connectivity index (χ3n) is 2.29. The number of esters is 1. The molecule has 4 nitrogen and oxygen atoms in total. The number of rotatable bonds is 2. The van der Waals surface area contributed by atoms with Crippen molar-refractivity contribution in [3.05, 3.63) is 29.0 Å². The first kappa shape index (κ1) is 10.9.